The summed E-state index contributed by atoms with van der Waals surface area (Å²) in [5.41, 5.74) is 2.00. The Morgan fingerprint density at radius 3 is 2.38 bits per heavy atom. The number of benzene rings is 2. The molecule has 0 saturated carbocycles. The van der Waals surface area contributed by atoms with Gasteiger partial charge in [0.2, 0.25) is 0 Å². The van der Waals surface area contributed by atoms with Crippen molar-refractivity contribution in [1.29, 1.82) is 0 Å². The fourth-order valence-corrected chi connectivity index (χ4v) is 2.48. The molecule has 0 saturated heterocycles. The predicted octanol–water partition coefficient (Wildman–Crippen LogP) is 4.53. The van der Waals surface area contributed by atoms with E-state index < -0.39 is 6.10 Å². The minimum atomic E-state index is -0.569. The van der Waals surface area contributed by atoms with Crippen LogP contribution in [0.2, 0.25) is 0 Å². The molecule has 0 bridgehead atoms. The molecule has 1 N–H and O–H groups in total. The summed E-state index contributed by atoms with van der Waals surface area (Å²) >= 11 is 0. The van der Waals surface area contributed by atoms with Crippen LogP contribution in [0.5, 0.6) is 0 Å². The van der Waals surface area contributed by atoms with Crippen molar-refractivity contribution in [3.63, 3.8) is 0 Å². The zero-order valence-corrected chi connectivity index (χ0v) is 12.5. The molecule has 0 aliphatic heterocycles. The number of unbranched alkanes of at least 4 members (excludes halogenated alkanes) is 2. The maximum absolute atomic E-state index is 12.6. The van der Waals surface area contributed by atoms with E-state index in [2.05, 4.69) is 6.92 Å². The molecule has 2 aromatic rings. The third-order valence-electron chi connectivity index (χ3n) is 3.68. The second-order valence-electron chi connectivity index (χ2n) is 5.29. The van der Waals surface area contributed by atoms with Gasteiger partial charge in [-0.1, -0.05) is 80.8 Å². The van der Waals surface area contributed by atoms with Crippen molar-refractivity contribution in [2.24, 2.45) is 0 Å². The smallest absolute Gasteiger partial charge is 0.193 e. The monoisotopic (exact) mass is 282 g/mol. The third kappa shape index (κ3) is 4.02. The zero-order valence-electron chi connectivity index (χ0n) is 12.5. The van der Waals surface area contributed by atoms with Gasteiger partial charge in [-0.3, -0.25) is 4.79 Å². The zero-order chi connectivity index (χ0) is 15.1. The molecule has 1 unspecified atom stereocenters. The van der Waals surface area contributed by atoms with Crippen LogP contribution in [0.25, 0.3) is 0 Å². The molecule has 0 heterocycles. The Morgan fingerprint density at radius 2 is 1.67 bits per heavy atom. The van der Waals surface area contributed by atoms with Gasteiger partial charge in [0, 0.05) is 11.1 Å². The minimum absolute atomic E-state index is 0.0271. The molecular weight excluding hydrogens is 260 g/mol. The summed E-state index contributed by atoms with van der Waals surface area (Å²) in [5, 5.41) is 10.4. The van der Waals surface area contributed by atoms with Crippen molar-refractivity contribution in [2.75, 3.05) is 0 Å². The number of ketones is 1. The third-order valence-corrected chi connectivity index (χ3v) is 3.68. The Labute approximate surface area is 126 Å². The van der Waals surface area contributed by atoms with E-state index in [0.29, 0.717) is 17.5 Å². The molecule has 2 nitrogen and oxygen atoms in total. The Bertz CT molecular complexity index is 575. The van der Waals surface area contributed by atoms with Gasteiger partial charge in [-0.25, -0.2) is 0 Å². The quantitative estimate of drug-likeness (QED) is 0.598. The number of carbonyl (C=O) groups is 1. The topological polar surface area (TPSA) is 37.3 Å². The van der Waals surface area contributed by atoms with Crippen molar-refractivity contribution in [2.45, 2.75) is 38.7 Å². The molecule has 0 aromatic heterocycles. The van der Waals surface area contributed by atoms with Gasteiger partial charge >= 0.3 is 0 Å². The molecule has 1 atom stereocenters. The van der Waals surface area contributed by atoms with Crippen LogP contribution < -0.4 is 0 Å². The summed E-state index contributed by atoms with van der Waals surface area (Å²) < 4.78 is 0. The largest absolute Gasteiger partial charge is 0.388 e. The maximum Gasteiger partial charge on any atom is 0.193 e. The highest BCUT2D eigenvalue weighted by Gasteiger charge is 2.17. The van der Waals surface area contributed by atoms with Gasteiger partial charge in [-0.05, 0) is 12.0 Å². The van der Waals surface area contributed by atoms with Crippen LogP contribution >= 0.6 is 0 Å². The van der Waals surface area contributed by atoms with Gasteiger partial charge in [0.15, 0.2) is 5.78 Å². The van der Waals surface area contributed by atoms with E-state index in [1.807, 2.05) is 48.5 Å². The van der Waals surface area contributed by atoms with Crippen LogP contribution in [0, 0.1) is 0 Å². The lowest BCUT2D eigenvalue weighted by Crippen LogP contribution is -2.09. The molecule has 0 spiro atoms. The Kier molecular flexibility index (Phi) is 5.70. The Balaban J connectivity index is 2.22. The van der Waals surface area contributed by atoms with E-state index in [1.165, 1.54) is 0 Å². The number of carbonyl (C=O) groups excluding carboxylic acids is 1. The van der Waals surface area contributed by atoms with Crippen LogP contribution in [0.1, 0.15) is 60.2 Å². The number of hydrogen-bond donors (Lipinski definition) is 1. The molecular formula is C19H22O2. The minimum Gasteiger partial charge on any atom is -0.388 e. The lowest BCUT2D eigenvalue weighted by atomic mass is 9.93. The predicted molar refractivity (Wildman–Crippen MR) is 85.4 cm³/mol. The van der Waals surface area contributed by atoms with Gasteiger partial charge in [0.05, 0.1) is 6.10 Å². The highest BCUT2D eigenvalue weighted by molar-refractivity contribution is 6.09. The molecule has 0 amide bonds. The first-order chi connectivity index (χ1) is 10.2. The van der Waals surface area contributed by atoms with Crippen molar-refractivity contribution < 1.29 is 9.90 Å². The molecule has 0 radical (unpaired) electrons. The van der Waals surface area contributed by atoms with E-state index in [4.69, 9.17) is 0 Å². The SMILES string of the molecule is CCCCCC(O)c1ccccc1C(=O)c1ccccc1. The van der Waals surface area contributed by atoms with Crippen LogP contribution in [0.4, 0.5) is 0 Å². The average molecular weight is 282 g/mol. The summed E-state index contributed by atoms with van der Waals surface area (Å²) in [6.45, 7) is 2.14. The molecule has 2 aromatic carbocycles. The molecule has 0 aliphatic rings. The maximum atomic E-state index is 12.6. The number of rotatable bonds is 7. The molecule has 0 aliphatic carbocycles. The Morgan fingerprint density at radius 1 is 1.00 bits per heavy atom. The first-order valence-electron chi connectivity index (χ1n) is 7.60. The van der Waals surface area contributed by atoms with Crippen LogP contribution in [0.3, 0.4) is 0 Å². The van der Waals surface area contributed by atoms with Gasteiger partial charge < -0.3 is 5.11 Å². The van der Waals surface area contributed by atoms with E-state index in [-0.39, 0.29) is 5.78 Å². The molecule has 2 heteroatoms. The van der Waals surface area contributed by atoms with Crippen LogP contribution in [-0.4, -0.2) is 10.9 Å². The highest BCUT2D eigenvalue weighted by atomic mass is 16.3. The Hall–Kier alpha value is -1.93. The lowest BCUT2D eigenvalue weighted by molar-refractivity contribution is 0.102. The number of aliphatic hydroxyl groups is 1. The molecule has 21 heavy (non-hydrogen) atoms. The summed E-state index contributed by atoms with van der Waals surface area (Å²) in [7, 11) is 0. The summed E-state index contributed by atoms with van der Waals surface area (Å²) in [6.07, 6.45) is 3.34. The van der Waals surface area contributed by atoms with Crippen molar-refractivity contribution in [3.8, 4) is 0 Å². The van der Waals surface area contributed by atoms with E-state index in [1.54, 1.807) is 6.07 Å². The fourth-order valence-electron chi connectivity index (χ4n) is 2.48. The van der Waals surface area contributed by atoms with Gasteiger partial charge in [-0.2, -0.15) is 0 Å². The van der Waals surface area contributed by atoms with Gasteiger partial charge in [-0.15, -0.1) is 0 Å². The normalized spacial score (nSPS) is 12.1. The first kappa shape index (κ1) is 15.5. The first-order valence-corrected chi connectivity index (χ1v) is 7.60. The summed E-state index contributed by atoms with van der Waals surface area (Å²) in [5.74, 6) is -0.0271. The van der Waals surface area contributed by atoms with E-state index in [0.717, 1.165) is 24.8 Å². The van der Waals surface area contributed by atoms with Crippen molar-refractivity contribution >= 4 is 5.78 Å². The molecule has 2 rings (SSSR count). The van der Waals surface area contributed by atoms with Crippen LogP contribution in [0.15, 0.2) is 54.6 Å². The summed E-state index contributed by atoms with van der Waals surface area (Å²) in [6, 6.07) is 16.6. The number of hydrogen-bond acceptors (Lipinski definition) is 2. The van der Waals surface area contributed by atoms with Crippen LogP contribution in [-0.2, 0) is 0 Å². The second-order valence-corrected chi connectivity index (χ2v) is 5.29. The van der Waals surface area contributed by atoms with Crippen molar-refractivity contribution in [1.82, 2.24) is 0 Å². The highest BCUT2D eigenvalue weighted by Crippen LogP contribution is 2.25. The molecule has 110 valence electrons. The van der Waals surface area contributed by atoms with Gasteiger partial charge in [0.25, 0.3) is 0 Å². The molecule has 0 fully saturated rings. The average Bonchev–Trinajstić information content (AvgIpc) is 2.55. The summed E-state index contributed by atoms with van der Waals surface area (Å²) in [4.78, 5) is 12.6. The van der Waals surface area contributed by atoms with E-state index in [9.17, 15) is 9.90 Å². The fraction of sp³-hybridized carbons (Fsp3) is 0.316. The van der Waals surface area contributed by atoms with E-state index >= 15 is 0 Å². The standard InChI is InChI=1S/C19H22O2/c1-2-3-5-14-18(20)16-12-8-9-13-17(16)19(21)15-10-6-4-7-11-15/h4,6-13,18,20H,2-3,5,14H2,1H3. The second kappa shape index (κ2) is 7.75. The lowest BCUT2D eigenvalue weighted by Gasteiger charge is -2.15. The van der Waals surface area contributed by atoms with Crippen molar-refractivity contribution in [3.05, 3.63) is 71.3 Å². The number of aliphatic hydroxyl groups excluding tert-OH is 1. The van der Waals surface area contributed by atoms with Gasteiger partial charge in [0.1, 0.15) is 0 Å².